The van der Waals surface area contributed by atoms with Crippen LogP contribution in [0.4, 0.5) is 11.4 Å². The monoisotopic (exact) mass is 579 g/mol. The zero-order valence-electron chi connectivity index (χ0n) is 20.6. The Morgan fingerprint density at radius 1 is 0.897 bits per heavy atom. The molecule has 7 nitrogen and oxygen atoms in total. The Morgan fingerprint density at radius 2 is 1.64 bits per heavy atom. The molecule has 0 spiro atoms. The van der Waals surface area contributed by atoms with Gasteiger partial charge < -0.3 is 20.4 Å². The molecule has 3 amide bonds. The molecule has 4 aromatic rings. The van der Waals surface area contributed by atoms with Gasteiger partial charge in [-0.2, -0.15) is 0 Å². The molecule has 0 radical (unpaired) electrons. The number of carbonyl (C=O) groups is 3. The van der Waals surface area contributed by atoms with Gasteiger partial charge in [-0.25, -0.2) is 0 Å². The van der Waals surface area contributed by atoms with Crippen LogP contribution >= 0.6 is 35.0 Å². The fourth-order valence-electron chi connectivity index (χ4n) is 3.36. The average Bonchev–Trinajstić information content (AvgIpc) is 3.44. The lowest BCUT2D eigenvalue weighted by molar-refractivity contribution is -0.115. The number of hydrogen-bond acceptors (Lipinski definition) is 5. The number of halogens is 2. The van der Waals surface area contributed by atoms with E-state index < -0.39 is 17.1 Å². The van der Waals surface area contributed by atoms with Crippen molar-refractivity contribution in [2.24, 2.45) is 0 Å². The molecule has 0 fully saturated rings. The number of benzene rings is 3. The second-order valence-electron chi connectivity index (χ2n) is 8.25. The van der Waals surface area contributed by atoms with E-state index in [4.69, 9.17) is 27.6 Å². The molecule has 0 aliphatic heterocycles. The molecule has 1 atom stereocenters. The average molecular weight is 580 g/mol. The minimum absolute atomic E-state index is 0.0170. The van der Waals surface area contributed by atoms with Gasteiger partial charge in [0.05, 0.1) is 22.2 Å². The summed E-state index contributed by atoms with van der Waals surface area (Å²) in [6.45, 7) is 1.78. The van der Waals surface area contributed by atoms with Crippen molar-refractivity contribution in [3.63, 3.8) is 0 Å². The van der Waals surface area contributed by atoms with Gasteiger partial charge in [-0.1, -0.05) is 41.4 Å². The highest BCUT2D eigenvalue weighted by molar-refractivity contribution is 8.00. The maximum absolute atomic E-state index is 13.1. The highest BCUT2D eigenvalue weighted by Gasteiger charge is 2.18. The summed E-state index contributed by atoms with van der Waals surface area (Å²) in [7, 11) is 0. The van der Waals surface area contributed by atoms with Crippen LogP contribution in [0.5, 0.6) is 0 Å². The number of carbonyl (C=O) groups excluding carboxylic acids is 3. The van der Waals surface area contributed by atoms with Gasteiger partial charge in [0.1, 0.15) is 11.5 Å². The molecule has 3 aromatic carbocycles. The first-order chi connectivity index (χ1) is 18.8. The van der Waals surface area contributed by atoms with Gasteiger partial charge in [-0.05, 0) is 73.7 Å². The highest BCUT2D eigenvalue weighted by atomic mass is 35.5. The molecular weight excluding hydrogens is 557 g/mol. The van der Waals surface area contributed by atoms with Crippen LogP contribution in [0.1, 0.15) is 23.0 Å². The summed E-state index contributed by atoms with van der Waals surface area (Å²) in [5.74, 6) is -0.762. The largest absolute Gasteiger partial charge is 0.465 e. The van der Waals surface area contributed by atoms with Crippen LogP contribution < -0.4 is 16.0 Å². The van der Waals surface area contributed by atoms with Crippen molar-refractivity contribution in [3.05, 3.63) is 118 Å². The topological polar surface area (TPSA) is 100 Å². The number of hydrogen-bond donors (Lipinski definition) is 3. The zero-order valence-corrected chi connectivity index (χ0v) is 22.9. The van der Waals surface area contributed by atoms with E-state index in [1.807, 2.05) is 0 Å². The number of anilines is 2. The van der Waals surface area contributed by atoms with E-state index in [2.05, 4.69) is 16.0 Å². The molecule has 1 heterocycles. The van der Waals surface area contributed by atoms with E-state index in [-0.39, 0.29) is 11.6 Å². The Hall–Kier alpha value is -3.98. The van der Waals surface area contributed by atoms with Crippen molar-refractivity contribution >= 4 is 70.1 Å². The van der Waals surface area contributed by atoms with Crippen LogP contribution in [-0.2, 0) is 9.59 Å². The molecule has 1 unspecified atom stereocenters. The van der Waals surface area contributed by atoms with E-state index in [0.29, 0.717) is 32.7 Å². The smallest absolute Gasteiger partial charge is 0.272 e. The fraction of sp³-hybridized carbons (Fsp3) is 0.0690. The van der Waals surface area contributed by atoms with Crippen molar-refractivity contribution in [1.29, 1.82) is 0 Å². The SMILES string of the molecule is CC(Sc1ccc(NC(=O)/C(=C/c2ccco2)NC(=O)c2ccccc2)cc1)C(=O)Nc1ccc(Cl)cc1Cl. The summed E-state index contributed by atoms with van der Waals surface area (Å²) in [5.41, 5.74) is 1.42. The van der Waals surface area contributed by atoms with Crippen molar-refractivity contribution in [2.75, 3.05) is 10.6 Å². The molecule has 0 bridgehead atoms. The number of thioether (sulfide) groups is 1. The maximum Gasteiger partial charge on any atom is 0.272 e. The predicted octanol–water partition coefficient (Wildman–Crippen LogP) is 7.12. The molecule has 0 saturated heterocycles. The van der Waals surface area contributed by atoms with E-state index in [1.165, 1.54) is 24.1 Å². The van der Waals surface area contributed by atoms with Crippen LogP contribution in [0.2, 0.25) is 10.0 Å². The van der Waals surface area contributed by atoms with Crippen molar-refractivity contribution in [1.82, 2.24) is 5.32 Å². The maximum atomic E-state index is 13.1. The molecule has 198 valence electrons. The molecular formula is C29H23Cl2N3O4S. The predicted molar refractivity (Wildman–Crippen MR) is 156 cm³/mol. The molecule has 39 heavy (non-hydrogen) atoms. The molecule has 1 aromatic heterocycles. The summed E-state index contributed by atoms with van der Waals surface area (Å²) in [6, 6.07) is 23.8. The number of rotatable bonds is 9. The number of amides is 3. The lowest BCUT2D eigenvalue weighted by atomic mass is 10.2. The molecule has 4 rings (SSSR count). The van der Waals surface area contributed by atoms with Gasteiger partial charge >= 0.3 is 0 Å². The van der Waals surface area contributed by atoms with E-state index in [9.17, 15) is 14.4 Å². The van der Waals surface area contributed by atoms with Gasteiger partial charge in [-0.15, -0.1) is 11.8 Å². The summed E-state index contributed by atoms with van der Waals surface area (Å²) in [5, 5.41) is 8.64. The summed E-state index contributed by atoms with van der Waals surface area (Å²) < 4.78 is 5.32. The number of furan rings is 1. The zero-order chi connectivity index (χ0) is 27.8. The van der Waals surface area contributed by atoms with Crippen molar-refractivity contribution in [3.8, 4) is 0 Å². The van der Waals surface area contributed by atoms with E-state index >= 15 is 0 Å². The van der Waals surface area contributed by atoms with Gasteiger partial charge in [0.2, 0.25) is 5.91 Å². The Kier molecular flexibility index (Phi) is 9.49. The van der Waals surface area contributed by atoms with Gasteiger partial charge in [0, 0.05) is 27.2 Å². The third-order valence-corrected chi connectivity index (χ3v) is 7.00. The third kappa shape index (κ3) is 8.00. The van der Waals surface area contributed by atoms with Crippen LogP contribution in [0.25, 0.3) is 6.08 Å². The first kappa shape index (κ1) is 28.0. The van der Waals surface area contributed by atoms with Gasteiger partial charge in [0.25, 0.3) is 11.8 Å². The standard InChI is InChI=1S/C29H23Cl2N3O4S/c1-18(27(35)33-25-14-9-20(30)16-24(25)31)39-23-12-10-21(11-13-23)32-29(37)26(17-22-8-5-15-38-22)34-28(36)19-6-3-2-4-7-19/h2-18H,1H3,(H,32,37)(H,33,35)(H,34,36)/b26-17-. The van der Waals surface area contributed by atoms with Crippen molar-refractivity contribution in [2.45, 2.75) is 17.1 Å². The minimum atomic E-state index is -0.524. The second-order valence-corrected chi connectivity index (χ2v) is 10.5. The lowest BCUT2D eigenvalue weighted by Crippen LogP contribution is -2.30. The summed E-state index contributed by atoms with van der Waals surface area (Å²) >= 11 is 13.4. The van der Waals surface area contributed by atoms with Crippen LogP contribution in [-0.4, -0.2) is 23.0 Å². The summed E-state index contributed by atoms with van der Waals surface area (Å²) in [4.78, 5) is 39.2. The van der Waals surface area contributed by atoms with Crippen LogP contribution in [0.15, 0.2) is 106 Å². The quantitative estimate of drug-likeness (QED) is 0.145. The molecule has 0 aliphatic rings. The molecule has 3 N–H and O–H groups in total. The van der Waals surface area contributed by atoms with Crippen LogP contribution in [0.3, 0.4) is 0 Å². The van der Waals surface area contributed by atoms with Gasteiger partial charge in [-0.3, -0.25) is 14.4 Å². The van der Waals surface area contributed by atoms with E-state index in [0.717, 1.165) is 4.90 Å². The third-order valence-electron chi connectivity index (χ3n) is 5.34. The normalized spacial score (nSPS) is 11.9. The Labute approximate surface area is 239 Å². The second kappa shape index (κ2) is 13.2. The van der Waals surface area contributed by atoms with Crippen LogP contribution in [0, 0.1) is 0 Å². The Balaban J connectivity index is 1.39. The Bertz CT molecular complexity index is 1490. The first-order valence-corrected chi connectivity index (χ1v) is 13.4. The van der Waals surface area contributed by atoms with E-state index in [1.54, 1.807) is 91.9 Å². The first-order valence-electron chi connectivity index (χ1n) is 11.7. The molecule has 0 aliphatic carbocycles. The van der Waals surface area contributed by atoms with Gasteiger partial charge in [0.15, 0.2) is 0 Å². The number of nitrogens with one attached hydrogen (secondary N) is 3. The Morgan fingerprint density at radius 3 is 2.31 bits per heavy atom. The summed E-state index contributed by atoms with van der Waals surface area (Å²) in [6.07, 6.45) is 2.93. The lowest BCUT2D eigenvalue weighted by Gasteiger charge is -2.14. The fourth-order valence-corrected chi connectivity index (χ4v) is 4.68. The highest BCUT2D eigenvalue weighted by Crippen LogP contribution is 2.29. The minimum Gasteiger partial charge on any atom is -0.465 e. The molecule has 10 heteroatoms. The van der Waals surface area contributed by atoms with Crippen molar-refractivity contribution < 1.29 is 18.8 Å². The molecule has 0 saturated carbocycles.